The van der Waals surface area contributed by atoms with E-state index in [4.69, 9.17) is 27.9 Å². The second-order valence-corrected chi connectivity index (χ2v) is 7.04. The van der Waals surface area contributed by atoms with Crippen LogP contribution in [0.3, 0.4) is 0 Å². The molecule has 134 valence electrons. The molecule has 1 aromatic heterocycles. The van der Waals surface area contributed by atoms with Crippen molar-refractivity contribution in [3.05, 3.63) is 62.7 Å². The average Bonchev–Trinajstić information content (AvgIpc) is 2.93. The van der Waals surface area contributed by atoms with E-state index in [1.807, 2.05) is 0 Å². The van der Waals surface area contributed by atoms with E-state index in [-0.39, 0.29) is 18.1 Å². The number of rotatable bonds is 4. The van der Waals surface area contributed by atoms with Crippen LogP contribution >= 0.6 is 39.1 Å². The van der Waals surface area contributed by atoms with Gasteiger partial charge in [0.15, 0.2) is 5.75 Å². The Morgan fingerprint density at radius 1 is 1.23 bits per heavy atom. The number of aromatic nitrogens is 2. The summed E-state index contributed by atoms with van der Waals surface area (Å²) >= 11 is 15.6. The number of hydrogen-bond acceptors (Lipinski definition) is 4. The number of nitrogens with zero attached hydrogens (tertiary/aromatic N) is 2. The lowest BCUT2D eigenvalue weighted by molar-refractivity contribution is 0.0515. The fourth-order valence-electron chi connectivity index (χ4n) is 2.44. The van der Waals surface area contributed by atoms with Gasteiger partial charge in [-0.15, -0.1) is 0 Å². The highest BCUT2D eigenvalue weighted by molar-refractivity contribution is 9.10. The van der Waals surface area contributed by atoms with Crippen molar-refractivity contribution in [2.75, 3.05) is 6.61 Å². The van der Waals surface area contributed by atoms with Crippen LogP contribution in [-0.2, 0) is 4.74 Å². The van der Waals surface area contributed by atoms with Gasteiger partial charge in [0, 0.05) is 15.1 Å². The van der Waals surface area contributed by atoms with Gasteiger partial charge in [0.1, 0.15) is 5.69 Å². The minimum atomic E-state index is -0.716. The zero-order valence-corrected chi connectivity index (χ0v) is 16.6. The van der Waals surface area contributed by atoms with Crippen LogP contribution in [-0.4, -0.2) is 27.5 Å². The summed E-state index contributed by atoms with van der Waals surface area (Å²) in [6.45, 7) is 1.85. The van der Waals surface area contributed by atoms with Crippen molar-refractivity contribution in [3.8, 4) is 22.7 Å². The van der Waals surface area contributed by atoms with E-state index in [2.05, 4.69) is 21.0 Å². The first kappa shape index (κ1) is 18.8. The normalized spacial score (nSPS) is 10.8. The van der Waals surface area contributed by atoms with Gasteiger partial charge in [-0.05, 0) is 37.3 Å². The average molecular weight is 456 g/mol. The van der Waals surface area contributed by atoms with Gasteiger partial charge in [0.2, 0.25) is 5.69 Å². The van der Waals surface area contributed by atoms with E-state index in [1.165, 1.54) is 4.68 Å². The van der Waals surface area contributed by atoms with Gasteiger partial charge >= 0.3 is 5.97 Å². The molecule has 0 unspecified atom stereocenters. The number of benzene rings is 2. The third-order valence-electron chi connectivity index (χ3n) is 3.58. The number of ether oxygens (including phenoxy) is 1. The monoisotopic (exact) mass is 454 g/mol. The molecule has 0 aliphatic carbocycles. The molecule has 2 aromatic carbocycles. The van der Waals surface area contributed by atoms with E-state index in [1.54, 1.807) is 49.4 Å². The van der Waals surface area contributed by atoms with Gasteiger partial charge in [-0.1, -0.05) is 51.3 Å². The van der Waals surface area contributed by atoms with Crippen molar-refractivity contribution in [2.45, 2.75) is 6.92 Å². The van der Waals surface area contributed by atoms with Crippen molar-refractivity contribution in [2.24, 2.45) is 0 Å². The molecule has 3 rings (SSSR count). The number of carbonyl (C=O) groups excluding carboxylic acids is 1. The van der Waals surface area contributed by atoms with Crippen molar-refractivity contribution in [1.82, 2.24) is 9.78 Å². The SMILES string of the molecule is CCOC(=O)c1nn(-c2ccc(Br)cc2Cl)c(-c2ccc(Cl)cc2)c1O. The predicted octanol–water partition coefficient (Wildman–Crippen LogP) is 5.49. The number of carbonyl (C=O) groups is 1. The highest BCUT2D eigenvalue weighted by Crippen LogP contribution is 2.37. The third-order valence-corrected chi connectivity index (χ3v) is 4.63. The molecular formula is C18H13BrCl2N2O3. The molecule has 1 N–H and O–H groups in total. The third kappa shape index (κ3) is 3.58. The van der Waals surface area contributed by atoms with Gasteiger partial charge < -0.3 is 9.84 Å². The molecule has 1 heterocycles. The van der Waals surface area contributed by atoms with Crippen LogP contribution < -0.4 is 0 Å². The largest absolute Gasteiger partial charge is 0.504 e. The molecule has 0 amide bonds. The van der Waals surface area contributed by atoms with Gasteiger partial charge in [-0.2, -0.15) is 5.10 Å². The first-order valence-corrected chi connectivity index (χ1v) is 9.17. The zero-order valence-electron chi connectivity index (χ0n) is 13.5. The molecule has 3 aromatic rings. The van der Waals surface area contributed by atoms with Crippen LogP contribution in [0.1, 0.15) is 17.4 Å². The predicted molar refractivity (Wildman–Crippen MR) is 104 cm³/mol. The number of aromatic hydroxyl groups is 1. The summed E-state index contributed by atoms with van der Waals surface area (Å²) in [5.41, 5.74) is 1.25. The van der Waals surface area contributed by atoms with Crippen molar-refractivity contribution >= 4 is 45.1 Å². The molecule has 0 saturated heterocycles. The Labute approximate surface area is 168 Å². The lowest BCUT2D eigenvalue weighted by Gasteiger charge is -2.10. The molecule has 0 atom stereocenters. The van der Waals surface area contributed by atoms with Gasteiger partial charge in [0.05, 0.1) is 17.3 Å². The summed E-state index contributed by atoms with van der Waals surface area (Å²) in [4.78, 5) is 12.2. The summed E-state index contributed by atoms with van der Waals surface area (Å²) in [7, 11) is 0. The quantitative estimate of drug-likeness (QED) is 0.528. The molecule has 26 heavy (non-hydrogen) atoms. The van der Waals surface area contributed by atoms with Crippen molar-refractivity contribution in [3.63, 3.8) is 0 Å². The Kier molecular flexibility index (Phi) is 5.55. The fourth-order valence-corrected chi connectivity index (χ4v) is 3.32. The van der Waals surface area contributed by atoms with Gasteiger partial charge in [0.25, 0.3) is 0 Å². The Hall–Kier alpha value is -2.02. The van der Waals surface area contributed by atoms with E-state index >= 15 is 0 Å². The minimum absolute atomic E-state index is 0.167. The Morgan fingerprint density at radius 2 is 1.92 bits per heavy atom. The smallest absolute Gasteiger partial charge is 0.362 e. The molecular weight excluding hydrogens is 443 g/mol. The summed E-state index contributed by atoms with van der Waals surface area (Å²) < 4.78 is 7.19. The summed E-state index contributed by atoms with van der Waals surface area (Å²) in [5, 5.41) is 15.9. The maximum Gasteiger partial charge on any atom is 0.362 e. The van der Waals surface area contributed by atoms with Crippen molar-refractivity contribution in [1.29, 1.82) is 0 Å². The fraction of sp³-hybridized carbons (Fsp3) is 0.111. The summed E-state index contributed by atoms with van der Waals surface area (Å²) in [6, 6.07) is 12.0. The number of hydrogen-bond donors (Lipinski definition) is 1. The maximum atomic E-state index is 12.2. The molecule has 0 saturated carbocycles. The Bertz CT molecular complexity index is 971. The van der Waals surface area contributed by atoms with E-state index in [9.17, 15) is 9.90 Å². The molecule has 0 aliphatic rings. The Balaban J connectivity index is 2.26. The van der Waals surface area contributed by atoms with Crippen molar-refractivity contribution < 1.29 is 14.6 Å². The van der Waals surface area contributed by atoms with E-state index in [0.29, 0.717) is 27.0 Å². The Morgan fingerprint density at radius 3 is 2.54 bits per heavy atom. The second kappa shape index (κ2) is 7.70. The van der Waals surface area contributed by atoms with Crippen LogP contribution in [0.25, 0.3) is 16.9 Å². The maximum absolute atomic E-state index is 12.2. The van der Waals surface area contributed by atoms with Gasteiger partial charge in [-0.25, -0.2) is 9.48 Å². The minimum Gasteiger partial charge on any atom is -0.504 e. The van der Waals surface area contributed by atoms with Crippen LogP contribution in [0, 0.1) is 0 Å². The van der Waals surface area contributed by atoms with E-state index in [0.717, 1.165) is 4.47 Å². The van der Waals surface area contributed by atoms with Gasteiger partial charge in [-0.3, -0.25) is 0 Å². The zero-order chi connectivity index (χ0) is 18.8. The van der Waals surface area contributed by atoms with Crippen LogP contribution in [0.2, 0.25) is 10.0 Å². The topological polar surface area (TPSA) is 64.3 Å². The molecule has 0 bridgehead atoms. The molecule has 0 fully saturated rings. The van der Waals surface area contributed by atoms with Crippen LogP contribution in [0.5, 0.6) is 5.75 Å². The number of halogens is 3. The highest BCUT2D eigenvalue weighted by atomic mass is 79.9. The molecule has 0 spiro atoms. The number of esters is 1. The molecule has 8 heteroatoms. The van der Waals surface area contributed by atoms with Crippen LogP contribution in [0.4, 0.5) is 0 Å². The lowest BCUT2D eigenvalue weighted by atomic mass is 10.1. The first-order valence-electron chi connectivity index (χ1n) is 7.62. The lowest BCUT2D eigenvalue weighted by Crippen LogP contribution is -2.07. The summed E-state index contributed by atoms with van der Waals surface area (Å²) in [6.07, 6.45) is 0. The first-order chi connectivity index (χ1) is 12.4. The molecule has 0 radical (unpaired) electrons. The molecule has 5 nitrogen and oxygen atoms in total. The molecule has 0 aliphatic heterocycles. The van der Waals surface area contributed by atoms with E-state index < -0.39 is 5.97 Å². The second-order valence-electron chi connectivity index (χ2n) is 5.28. The standard InChI is InChI=1S/C18H13BrCl2N2O3/c1-2-26-18(25)15-17(24)16(10-3-6-12(20)7-4-10)23(22-15)14-8-5-11(19)9-13(14)21/h3-9,24H,2H2,1H3. The summed E-state index contributed by atoms with van der Waals surface area (Å²) in [5.74, 6) is -1.00. The van der Waals surface area contributed by atoms with Crippen LogP contribution in [0.15, 0.2) is 46.9 Å². The highest BCUT2D eigenvalue weighted by Gasteiger charge is 2.26.